The molecule has 0 aliphatic carbocycles. The van der Waals surface area contributed by atoms with Gasteiger partial charge in [-0.1, -0.05) is 13.8 Å². The van der Waals surface area contributed by atoms with Gasteiger partial charge in [0.25, 0.3) is 0 Å². The summed E-state index contributed by atoms with van der Waals surface area (Å²) in [4.78, 5) is 1.17. The molecular formula is C14H19Br2N3S. The zero-order valence-electron chi connectivity index (χ0n) is 11.6. The zero-order valence-corrected chi connectivity index (χ0v) is 15.6. The lowest BCUT2D eigenvalue weighted by molar-refractivity contribution is 0.424. The molecule has 0 bridgehead atoms. The first-order chi connectivity index (χ1) is 9.55. The lowest BCUT2D eigenvalue weighted by Gasteiger charge is -2.12. The second kappa shape index (κ2) is 7.20. The Balaban J connectivity index is 2.06. The highest BCUT2D eigenvalue weighted by Gasteiger charge is 2.15. The second-order valence-corrected chi connectivity index (χ2v) is 8.09. The number of hydrogen-bond acceptors (Lipinski definition) is 3. The van der Waals surface area contributed by atoms with E-state index >= 15 is 0 Å². The molecule has 2 aromatic heterocycles. The van der Waals surface area contributed by atoms with Crippen LogP contribution in [0.15, 0.2) is 26.6 Å². The molecule has 0 spiro atoms. The third kappa shape index (κ3) is 3.72. The van der Waals surface area contributed by atoms with E-state index in [2.05, 4.69) is 73.8 Å². The Hall–Kier alpha value is -0.170. The molecule has 0 saturated carbocycles. The van der Waals surface area contributed by atoms with Gasteiger partial charge < -0.3 is 5.73 Å². The minimum atomic E-state index is -0.00680. The van der Waals surface area contributed by atoms with Gasteiger partial charge in [-0.3, -0.25) is 4.68 Å². The number of thiophene rings is 1. The summed E-state index contributed by atoms with van der Waals surface area (Å²) in [6.07, 6.45) is 5.05. The maximum absolute atomic E-state index is 6.28. The van der Waals surface area contributed by atoms with Crippen molar-refractivity contribution in [2.75, 3.05) is 0 Å². The van der Waals surface area contributed by atoms with E-state index in [4.69, 9.17) is 5.73 Å². The Bertz CT molecular complexity index is 541. The van der Waals surface area contributed by atoms with Gasteiger partial charge in [0.2, 0.25) is 0 Å². The number of rotatable bonds is 6. The van der Waals surface area contributed by atoms with Gasteiger partial charge in [-0.15, -0.1) is 11.3 Å². The second-order valence-electron chi connectivity index (χ2n) is 4.84. The molecule has 1 unspecified atom stereocenters. The van der Waals surface area contributed by atoms with E-state index in [1.807, 2.05) is 0 Å². The van der Waals surface area contributed by atoms with Gasteiger partial charge in [-0.2, -0.15) is 5.10 Å². The van der Waals surface area contributed by atoms with Crippen LogP contribution in [0.5, 0.6) is 0 Å². The van der Waals surface area contributed by atoms with Crippen molar-refractivity contribution in [2.45, 2.75) is 45.2 Å². The minimum Gasteiger partial charge on any atom is -0.323 e. The fourth-order valence-corrected chi connectivity index (χ4v) is 4.32. The SMILES string of the molecule is CCC(CC)n1ccc(CC(N)c2cc(Br)c(Br)s2)n1. The predicted molar refractivity (Wildman–Crippen MR) is 92.2 cm³/mol. The van der Waals surface area contributed by atoms with E-state index in [0.717, 1.165) is 33.2 Å². The molecule has 3 nitrogen and oxygen atoms in total. The number of hydrogen-bond donors (Lipinski definition) is 1. The third-order valence-corrected chi connectivity index (χ3v) is 6.83. The average molecular weight is 421 g/mol. The van der Waals surface area contributed by atoms with E-state index in [1.54, 1.807) is 11.3 Å². The van der Waals surface area contributed by atoms with Gasteiger partial charge in [0.05, 0.1) is 15.5 Å². The molecule has 0 saturated heterocycles. The molecule has 0 amide bonds. The van der Waals surface area contributed by atoms with Crippen molar-refractivity contribution in [1.29, 1.82) is 0 Å². The van der Waals surface area contributed by atoms with Crippen LogP contribution < -0.4 is 5.73 Å². The van der Waals surface area contributed by atoms with Gasteiger partial charge in [-0.05, 0) is 56.8 Å². The highest BCUT2D eigenvalue weighted by molar-refractivity contribution is 9.13. The lowest BCUT2D eigenvalue weighted by atomic mass is 10.1. The van der Waals surface area contributed by atoms with E-state index in [9.17, 15) is 0 Å². The highest BCUT2D eigenvalue weighted by Crippen LogP contribution is 2.35. The molecule has 2 N–H and O–H groups in total. The standard InChI is InChI=1S/C14H19Br2N3S/c1-3-10(4-2)19-6-5-9(18-19)7-12(17)13-8-11(15)14(16)20-13/h5-6,8,10,12H,3-4,7,17H2,1-2H3. The van der Waals surface area contributed by atoms with Crippen LogP contribution in [0.25, 0.3) is 0 Å². The first kappa shape index (κ1) is 16.2. The Kier molecular flexibility index (Phi) is 5.84. The van der Waals surface area contributed by atoms with E-state index in [0.29, 0.717) is 6.04 Å². The summed E-state index contributed by atoms with van der Waals surface area (Å²) in [5.74, 6) is 0. The van der Waals surface area contributed by atoms with Gasteiger partial charge in [0.1, 0.15) is 0 Å². The summed E-state index contributed by atoms with van der Waals surface area (Å²) in [7, 11) is 0. The van der Waals surface area contributed by atoms with Crippen molar-refractivity contribution in [1.82, 2.24) is 9.78 Å². The maximum Gasteiger partial charge on any atom is 0.0843 e. The number of nitrogens with zero attached hydrogens (tertiary/aromatic N) is 2. The predicted octanol–water partition coefficient (Wildman–Crippen LogP) is 5.07. The van der Waals surface area contributed by atoms with Crippen LogP contribution >= 0.6 is 43.2 Å². The molecule has 0 fully saturated rings. The van der Waals surface area contributed by atoms with Crippen molar-refractivity contribution in [3.63, 3.8) is 0 Å². The molecule has 20 heavy (non-hydrogen) atoms. The lowest BCUT2D eigenvalue weighted by Crippen LogP contribution is -2.13. The molecule has 110 valence electrons. The van der Waals surface area contributed by atoms with Crippen LogP contribution in [0.1, 0.15) is 49.3 Å². The van der Waals surface area contributed by atoms with Crippen LogP contribution in [0.2, 0.25) is 0 Å². The highest BCUT2D eigenvalue weighted by atomic mass is 79.9. The van der Waals surface area contributed by atoms with E-state index in [-0.39, 0.29) is 6.04 Å². The van der Waals surface area contributed by atoms with Crippen molar-refractivity contribution in [3.8, 4) is 0 Å². The fourth-order valence-electron chi connectivity index (χ4n) is 2.22. The number of nitrogens with two attached hydrogens (primary N) is 1. The van der Waals surface area contributed by atoms with Crippen LogP contribution in [-0.4, -0.2) is 9.78 Å². The Labute approximate surface area is 140 Å². The third-order valence-electron chi connectivity index (χ3n) is 3.44. The molecule has 0 aliphatic heterocycles. The molecule has 1 atom stereocenters. The molecular weight excluding hydrogens is 402 g/mol. The average Bonchev–Trinajstić information content (AvgIpc) is 3.00. The molecule has 2 heterocycles. The van der Waals surface area contributed by atoms with Crippen molar-refractivity contribution in [2.24, 2.45) is 5.73 Å². The first-order valence-corrected chi connectivity index (χ1v) is 9.19. The molecule has 0 aliphatic rings. The Morgan fingerprint density at radius 2 is 2.05 bits per heavy atom. The van der Waals surface area contributed by atoms with Crippen molar-refractivity contribution in [3.05, 3.63) is 37.2 Å². The zero-order chi connectivity index (χ0) is 14.7. The summed E-state index contributed by atoms with van der Waals surface area (Å²) in [5, 5.41) is 4.66. The summed E-state index contributed by atoms with van der Waals surface area (Å²) in [6.45, 7) is 4.39. The summed E-state index contributed by atoms with van der Waals surface area (Å²) >= 11 is 8.68. The summed E-state index contributed by atoms with van der Waals surface area (Å²) in [6, 6.07) is 4.64. The topological polar surface area (TPSA) is 43.8 Å². The quantitative estimate of drug-likeness (QED) is 0.708. The Morgan fingerprint density at radius 3 is 2.60 bits per heavy atom. The van der Waals surface area contributed by atoms with Crippen LogP contribution in [0.4, 0.5) is 0 Å². The number of halogens is 2. The minimum absolute atomic E-state index is 0.00680. The van der Waals surface area contributed by atoms with Crippen LogP contribution in [0.3, 0.4) is 0 Å². The van der Waals surface area contributed by atoms with E-state index < -0.39 is 0 Å². The largest absolute Gasteiger partial charge is 0.323 e. The van der Waals surface area contributed by atoms with Gasteiger partial charge in [-0.25, -0.2) is 0 Å². The van der Waals surface area contributed by atoms with E-state index in [1.165, 1.54) is 4.88 Å². The molecule has 6 heteroatoms. The van der Waals surface area contributed by atoms with Gasteiger partial charge >= 0.3 is 0 Å². The van der Waals surface area contributed by atoms with Crippen LogP contribution in [-0.2, 0) is 6.42 Å². The monoisotopic (exact) mass is 419 g/mol. The maximum atomic E-state index is 6.28. The van der Waals surface area contributed by atoms with Crippen molar-refractivity contribution >= 4 is 43.2 Å². The summed E-state index contributed by atoms with van der Waals surface area (Å²) < 4.78 is 4.23. The molecule has 2 aromatic rings. The normalized spacial score (nSPS) is 13.1. The van der Waals surface area contributed by atoms with Crippen molar-refractivity contribution < 1.29 is 0 Å². The van der Waals surface area contributed by atoms with Gasteiger partial charge in [0, 0.05) is 28.0 Å². The molecule has 0 radical (unpaired) electrons. The summed E-state index contributed by atoms with van der Waals surface area (Å²) in [5.41, 5.74) is 7.34. The molecule has 0 aromatic carbocycles. The smallest absolute Gasteiger partial charge is 0.0843 e. The number of aromatic nitrogens is 2. The molecule has 2 rings (SSSR count). The van der Waals surface area contributed by atoms with Gasteiger partial charge in [0.15, 0.2) is 0 Å². The fraction of sp³-hybridized carbons (Fsp3) is 0.500. The van der Waals surface area contributed by atoms with Crippen LogP contribution in [0, 0.1) is 0 Å². The Morgan fingerprint density at radius 1 is 1.35 bits per heavy atom. The first-order valence-electron chi connectivity index (χ1n) is 6.79.